The molecule has 88 valence electrons. The molecule has 17 heavy (non-hydrogen) atoms. The van der Waals surface area contributed by atoms with Crippen molar-refractivity contribution in [1.29, 1.82) is 0 Å². The van der Waals surface area contributed by atoms with E-state index >= 15 is 0 Å². The molecule has 5 nitrogen and oxygen atoms in total. The molecule has 0 saturated carbocycles. The highest BCUT2D eigenvalue weighted by molar-refractivity contribution is 6.32. The summed E-state index contributed by atoms with van der Waals surface area (Å²) in [6.45, 7) is 0.335. The highest BCUT2D eigenvalue weighted by Gasteiger charge is 2.09. The number of aromatic nitrogens is 3. The molecular weight excluding hydrogens is 240 g/mol. The molecule has 0 fully saturated rings. The summed E-state index contributed by atoms with van der Waals surface area (Å²) in [6, 6.07) is 5.07. The van der Waals surface area contributed by atoms with Crippen LogP contribution in [0.2, 0.25) is 5.02 Å². The number of hydrogen-bond donors (Lipinski definition) is 1. The van der Waals surface area contributed by atoms with Gasteiger partial charge in [-0.1, -0.05) is 11.6 Å². The molecule has 1 heterocycles. The second kappa shape index (κ2) is 5.07. The molecule has 0 amide bonds. The third kappa shape index (κ3) is 2.51. The molecule has 2 rings (SSSR count). The lowest BCUT2D eigenvalue weighted by Crippen LogP contribution is -2.08. The van der Waals surface area contributed by atoms with E-state index in [9.17, 15) is 4.79 Å². The minimum atomic E-state index is -0.0143. The molecular formula is C11H11ClN4O. The molecule has 0 saturated heterocycles. The monoisotopic (exact) mass is 250 g/mol. The van der Waals surface area contributed by atoms with E-state index in [4.69, 9.17) is 17.3 Å². The molecule has 0 radical (unpaired) electrons. The largest absolute Gasteiger partial charge is 0.330 e. The van der Waals surface area contributed by atoms with Crippen molar-refractivity contribution in [3.8, 4) is 5.69 Å². The molecule has 0 unspecified atom stereocenters. The first-order chi connectivity index (χ1) is 8.22. The van der Waals surface area contributed by atoms with E-state index in [2.05, 4.69) is 10.1 Å². The summed E-state index contributed by atoms with van der Waals surface area (Å²) >= 11 is 6.09. The summed E-state index contributed by atoms with van der Waals surface area (Å²) in [4.78, 5) is 15.5. The minimum Gasteiger partial charge on any atom is -0.330 e. The highest BCUT2D eigenvalue weighted by atomic mass is 35.5. The molecule has 2 aromatic rings. The highest BCUT2D eigenvalue weighted by Crippen LogP contribution is 2.21. The molecule has 0 aliphatic rings. The summed E-state index contributed by atoms with van der Waals surface area (Å²) < 4.78 is 1.54. The number of hydrogen-bond acceptors (Lipinski definition) is 4. The molecule has 1 aromatic carbocycles. The van der Waals surface area contributed by atoms with E-state index < -0.39 is 0 Å². The zero-order valence-corrected chi connectivity index (χ0v) is 9.76. The SMILES string of the molecule is NCCC(=O)c1ccc(-n2cncn2)c(Cl)c1. The third-order valence-corrected chi connectivity index (χ3v) is 2.61. The Bertz CT molecular complexity index is 524. The fraction of sp³-hybridized carbons (Fsp3) is 0.182. The van der Waals surface area contributed by atoms with E-state index in [0.29, 0.717) is 29.2 Å². The van der Waals surface area contributed by atoms with Crippen molar-refractivity contribution >= 4 is 17.4 Å². The summed E-state index contributed by atoms with van der Waals surface area (Å²) in [7, 11) is 0. The minimum absolute atomic E-state index is 0.0143. The van der Waals surface area contributed by atoms with Gasteiger partial charge in [-0.05, 0) is 24.7 Å². The Morgan fingerprint density at radius 3 is 2.88 bits per heavy atom. The maximum Gasteiger partial charge on any atom is 0.164 e. The van der Waals surface area contributed by atoms with Gasteiger partial charge in [0, 0.05) is 12.0 Å². The number of carbonyl (C=O) groups is 1. The lowest BCUT2D eigenvalue weighted by Gasteiger charge is -2.05. The first kappa shape index (κ1) is 11.8. The van der Waals surface area contributed by atoms with Crippen LogP contribution < -0.4 is 5.73 Å². The van der Waals surface area contributed by atoms with Crippen molar-refractivity contribution < 1.29 is 4.79 Å². The number of benzene rings is 1. The fourth-order valence-electron chi connectivity index (χ4n) is 1.47. The van der Waals surface area contributed by atoms with Crippen LogP contribution in [0.25, 0.3) is 5.69 Å². The second-order valence-corrected chi connectivity index (χ2v) is 3.88. The molecule has 1 aromatic heterocycles. The van der Waals surface area contributed by atoms with Crippen LogP contribution in [-0.4, -0.2) is 27.1 Å². The molecule has 0 spiro atoms. The number of rotatable bonds is 4. The molecule has 0 aliphatic carbocycles. The third-order valence-electron chi connectivity index (χ3n) is 2.31. The number of ketones is 1. The van der Waals surface area contributed by atoms with Crippen molar-refractivity contribution in [1.82, 2.24) is 14.8 Å². The number of nitrogens with zero attached hydrogens (tertiary/aromatic N) is 3. The van der Waals surface area contributed by atoms with Crippen LogP contribution in [0, 0.1) is 0 Å². The smallest absolute Gasteiger partial charge is 0.164 e. The quantitative estimate of drug-likeness (QED) is 0.834. The number of Topliss-reactive ketones (excluding diaryl/α,β-unsaturated/α-hetero) is 1. The molecule has 0 atom stereocenters. The van der Waals surface area contributed by atoms with Crippen molar-refractivity contribution in [3.63, 3.8) is 0 Å². The predicted octanol–water partition coefficient (Wildman–Crippen LogP) is 1.45. The number of halogens is 1. The van der Waals surface area contributed by atoms with Crippen LogP contribution in [0.3, 0.4) is 0 Å². The van der Waals surface area contributed by atoms with Gasteiger partial charge in [0.15, 0.2) is 5.78 Å². The zero-order chi connectivity index (χ0) is 12.3. The zero-order valence-electron chi connectivity index (χ0n) is 9.01. The van der Waals surface area contributed by atoms with E-state index in [1.54, 1.807) is 29.2 Å². The summed E-state index contributed by atoms with van der Waals surface area (Å²) in [5.74, 6) is -0.0143. The summed E-state index contributed by atoms with van der Waals surface area (Å²) in [5.41, 5.74) is 6.58. The van der Waals surface area contributed by atoms with Crippen LogP contribution in [0.1, 0.15) is 16.8 Å². The van der Waals surface area contributed by atoms with Crippen molar-refractivity contribution in [3.05, 3.63) is 41.4 Å². The number of nitrogens with two attached hydrogens (primary N) is 1. The Labute approximate surface area is 103 Å². The Morgan fingerprint density at radius 2 is 2.29 bits per heavy atom. The number of carbonyl (C=O) groups excluding carboxylic acids is 1. The normalized spacial score (nSPS) is 10.5. The van der Waals surface area contributed by atoms with Gasteiger partial charge in [0.05, 0.1) is 10.7 Å². The maximum absolute atomic E-state index is 11.6. The van der Waals surface area contributed by atoms with Gasteiger partial charge in [-0.25, -0.2) is 9.67 Å². The van der Waals surface area contributed by atoms with Gasteiger partial charge in [0.25, 0.3) is 0 Å². The Balaban J connectivity index is 2.32. The van der Waals surface area contributed by atoms with Crippen molar-refractivity contribution in [2.75, 3.05) is 6.54 Å². The fourth-order valence-corrected chi connectivity index (χ4v) is 1.74. The van der Waals surface area contributed by atoms with E-state index in [1.807, 2.05) is 0 Å². The van der Waals surface area contributed by atoms with Crippen LogP contribution in [-0.2, 0) is 0 Å². The molecule has 6 heteroatoms. The lowest BCUT2D eigenvalue weighted by molar-refractivity contribution is 0.0985. The predicted molar refractivity (Wildman–Crippen MR) is 64.4 cm³/mol. The van der Waals surface area contributed by atoms with Gasteiger partial charge < -0.3 is 5.73 Å². The first-order valence-corrected chi connectivity index (χ1v) is 5.48. The average Bonchev–Trinajstić information content (AvgIpc) is 2.82. The van der Waals surface area contributed by atoms with Gasteiger partial charge in [0.2, 0.25) is 0 Å². The van der Waals surface area contributed by atoms with Gasteiger partial charge in [-0.3, -0.25) is 4.79 Å². The molecule has 0 bridgehead atoms. The van der Waals surface area contributed by atoms with E-state index in [0.717, 1.165) is 0 Å². The van der Waals surface area contributed by atoms with Crippen LogP contribution >= 0.6 is 11.6 Å². The Morgan fingerprint density at radius 1 is 1.47 bits per heavy atom. The van der Waals surface area contributed by atoms with Crippen molar-refractivity contribution in [2.45, 2.75) is 6.42 Å². The van der Waals surface area contributed by atoms with Gasteiger partial charge in [-0.15, -0.1) is 0 Å². The standard InChI is InChI=1S/C11H11ClN4O/c12-9-5-8(11(17)3-4-13)1-2-10(9)16-7-14-6-15-16/h1-2,5-7H,3-4,13H2. The van der Waals surface area contributed by atoms with Crippen molar-refractivity contribution in [2.24, 2.45) is 5.73 Å². The summed E-state index contributed by atoms with van der Waals surface area (Å²) in [5, 5.41) is 4.43. The van der Waals surface area contributed by atoms with Gasteiger partial charge >= 0.3 is 0 Å². The Kier molecular flexibility index (Phi) is 3.51. The topological polar surface area (TPSA) is 73.8 Å². The Hall–Kier alpha value is -1.72. The first-order valence-electron chi connectivity index (χ1n) is 5.10. The maximum atomic E-state index is 11.6. The molecule has 2 N–H and O–H groups in total. The average molecular weight is 251 g/mol. The van der Waals surface area contributed by atoms with E-state index in [-0.39, 0.29) is 5.78 Å². The van der Waals surface area contributed by atoms with Gasteiger partial charge in [-0.2, -0.15) is 5.10 Å². The lowest BCUT2D eigenvalue weighted by atomic mass is 10.1. The van der Waals surface area contributed by atoms with Crippen LogP contribution in [0.5, 0.6) is 0 Å². The summed E-state index contributed by atoms with van der Waals surface area (Å²) in [6.07, 6.45) is 3.28. The molecule has 0 aliphatic heterocycles. The van der Waals surface area contributed by atoms with Crippen LogP contribution in [0.4, 0.5) is 0 Å². The van der Waals surface area contributed by atoms with E-state index in [1.165, 1.54) is 6.33 Å². The van der Waals surface area contributed by atoms with Crippen LogP contribution in [0.15, 0.2) is 30.9 Å². The second-order valence-electron chi connectivity index (χ2n) is 3.47. The van der Waals surface area contributed by atoms with Gasteiger partial charge in [0.1, 0.15) is 12.7 Å².